The first-order valence-corrected chi connectivity index (χ1v) is 8.64. The highest BCUT2D eigenvalue weighted by molar-refractivity contribution is 7.88. The van der Waals surface area contributed by atoms with E-state index in [9.17, 15) is 13.2 Å². The molecule has 0 saturated carbocycles. The van der Waals surface area contributed by atoms with Crippen LogP contribution in [0.4, 0.5) is 0 Å². The van der Waals surface area contributed by atoms with Crippen molar-refractivity contribution in [2.45, 2.75) is 31.7 Å². The molecule has 7 heteroatoms. The van der Waals surface area contributed by atoms with Crippen molar-refractivity contribution < 1.29 is 17.6 Å². The third-order valence-corrected chi connectivity index (χ3v) is 4.23. The van der Waals surface area contributed by atoms with E-state index in [-0.39, 0.29) is 11.9 Å². The van der Waals surface area contributed by atoms with Crippen molar-refractivity contribution in [3.8, 4) is 0 Å². The summed E-state index contributed by atoms with van der Waals surface area (Å²) in [5.41, 5.74) is 0.549. The topological polar surface area (TPSA) is 79.6 Å². The molecule has 0 aromatic carbocycles. The zero-order chi connectivity index (χ0) is 14.6. The van der Waals surface area contributed by atoms with E-state index in [2.05, 4.69) is 4.72 Å². The monoisotopic (exact) mass is 300 g/mol. The maximum absolute atomic E-state index is 12.4. The van der Waals surface area contributed by atoms with Gasteiger partial charge in [-0.15, -0.1) is 0 Å². The Morgan fingerprint density at radius 1 is 1.50 bits per heavy atom. The predicted octanol–water partition coefficient (Wildman–Crippen LogP) is 1.21. The Kier molecular flexibility index (Phi) is 4.82. The summed E-state index contributed by atoms with van der Waals surface area (Å²) in [5.74, 6) is -0.0391. The molecule has 1 atom stereocenters. The number of sulfonamides is 1. The Morgan fingerprint density at radius 2 is 2.30 bits per heavy atom. The number of carbonyl (C=O) groups excluding carboxylic acids is 1. The van der Waals surface area contributed by atoms with Gasteiger partial charge in [0.2, 0.25) is 10.0 Å². The van der Waals surface area contributed by atoms with Crippen LogP contribution in [0.15, 0.2) is 23.0 Å². The molecule has 1 aromatic rings. The number of hydrogen-bond donors (Lipinski definition) is 1. The number of carbonyl (C=O) groups is 1. The molecule has 1 aromatic heterocycles. The number of nitrogens with zero attached hydrogens (tertiary/aromatic N) is 1. The maximum Gasteiger partial charge on any atom is 0.257 e. The van der Waals surface area contributed by atoms with Gasteiger partial charge in [0.25, 0.3) is 5.91 Å². The van der Waals surface area contributed by atoms with Crippen molar-refractivity contribution in [1.29, 1.82) is 0 Å². The molecule has 112 valence electrons. The van der Waals surface area contributed by atoms with E-state index in [0.29, 0.717) is 25.1 Å². The number of hydrogen-bond acceptors (Lipinski definition) is 4. The summed E-state index contributed by atoms with van der Waals surface area (Å²) in [4.78, 5) is 14.2. The molecule has 0 unspecified atom stereocenters. The van der Waals surface area contributed by atoms with Crippen molar-refractivity contribution >= 4 is 15.9 Å². The molecule has 2 heterocycles. The van der Waals surface area contributed by atoms with E-state index >= 15 is 0 Å². The summed E-state index contributed by atoms with van der Waals surface area (Å²) < 4.78 is 29.6. The van der Waals surface area contributed by atoms with Crippen LogP contribution in [0.2, 0.25) is 0 Å². The molecule has 2 rings (SSSR count). The van der Waals surface area contributed by atoms with Gasteiger partial charge in [-0.3, -0.25) is 4.79 Å². The highest BCUT2D eigenvalue weighted by Crippen LogP contribution is 2.22. The highest BCUT2D eigenvalue weighted by atomic mass is 32.2. The lowest BCUT2D eigenvalue weighted by Gasteiger charge is -2.35. The summed E-state index contributed by atoms with van der Waals surface area (Å²) in [6.07, 6.45) is 7.67. The molecule has 1 aliphatic heterocycles. The minimum atomic E-state index is -3.17. The van der Waals surface area contributed by atoms with Crippen LogP contribution in [0.1, 0.15) is 36.0 Å². The molecule has 6 nitrogen and oxygen atoms in total. The zero-order valence-electron chi connectivity index (χ0n) is 11.5. The van der Waals surface area contributed by atoms with Crippen molar-refractivity contribution in [2.75, 3.05) is 19.3 Å². The van der Waals surface area contributed by atoms with Crippen LogP contribution in [0.3, 0.4) is 0 Å². The van der Waals surface area contributed by atoms with Crippen molar-refractivity contribution in [1.82, 2.24) is 9.62 Å². The van der Waals surface area contributed by atoms with Crippen LogP contribution >= 0.6 is 0 Å². The normalized spacial score (nSPS) is 20.1. The second-order valence-corrected chi connectivity index (χ2v) is 6.95. The van der Waals surface area contributed by atoms with E-state index in [1.54, 1.807) is 6.07 Å². The minimum Gasteiger partial charge on any atom is -0.472 e. The lowest BCUT2D eigenvalue weighted by molar-refractivity contribution is 0.0603. The fourth-order valence-corrected chi connectivity index (χ4v) is 3.02. The van der Waals surface area contributed by atoms with Gasteiger partial charge in [-0.25, -0.2) is 13.1 Å². The molecular weight excluding hydrogens is 280 g/mol. The fraction of sp³-hybridized carbons (Fsp3) is 0.615. The lowest BCUT2D eigenvalue weighted by atomic mass is 9.98. The van der Waals surface area contributed by atoms with Crippen molar-refractivity contribution in [3.63, 3.8) is 0 Å². The van der Waals surface area contributed by atoms with Gasteiger partial charge in [-0.2, -0.15) is 0 Å². The molecule has 20 heavy (non-hydrogen) atoms. The third-order valence-electron chi connectivity index (χ3n) is 3.50. The van der Waals surface area contributed by atoms with E-state index in [1.165, 1.54) is 12.5 Å². The SMILES string of the molecule is CS(=O)(=O)NCC[C@H]1CCCCN1C(=O)c1ccoc1. The van der Waals surface area contributed by atoms with E-state index in [4.69, 9.17) is 4.42 Å². The molecule has 1 amide bonds. The van der Waals surface area contributed by atoms with Gasteiger partial charge in [0.05, 0.1) is 18.1 Å². The van der Waals surface area contributed by atoms with Crippen LogP contribution in [0.25, 0.3) is 0 Å². The van der Waals surface area contributed by atoms with Crippen molar-refractivity contribution in [3.05, 3.63) is 24.2 Å². The molecule has 0 bridgehead atoms. The fourth-order valence-electron chi connectivity index (χ4n) is 2.53. The summed E-state index contributed by atoms with van der Waals surface area (Å²) >= 11 is 0. The number of likely N-dealkylation sites (tertiary alicyclic amines) is 1. The predicted molar refractivity (Wildman–Crippen MR) is 74.8 cm³/mol. The average Bonchev–Trinajstić information content (AvgIpc) is 2.91. The molecule has 1 saturated heterocycles. The summed E-state index contributed by atoms with van der Waals surface area (Å²) in [6.45, 7) is 1.08. The van der Waals surface area contributed by atoms with Gasteiger partial charge in [-0.05, 0) is 31.7 Å². The largest absolute Gasteiger partial charge is 0.472 e. The maximum atomic E-state index is 12.4. The van der Waals surface area contributed by atoms with Crippen LogP contribution < -0.4 is 4.72 Å². The van der Waals surface area contributed by atoms with Crippen LogP contribution in [0, 0.1) is 0 Å². The van der Waals surface area contributed by atoms with E-state index in [1.807, 2.05) is 4.90 Å². The van der Waals surface area contributed by atoms with Crippen LogP contribution in [-0.4, -0.2) is 44.6 Å². The first-order chi connectivity index (χ1) is 9.47. The number of piperidine rings is 1. The van der Waals surface area contributed by atoms with Gasteiger partial charge in [0.15, 0.2) is 0 Å². The van der Waals surface area contributed by atoms with Gasteiger partial charge >= 0.3 is 0 Å². The smallest absolute Gasteiger partial charge is 0.257 e. The second kappa shape index (κ2) is 6.41. The molecule has 0 spiro atoms. The summed E-state index contributed by atoms with van der Waals surface area (Å²) in [5, 5.41) is 0. The van der Waals surface area contributed by atoms with E-state index in [0.717, 1.165) is 25.5 Å². The Bertz CT molecular complexity index is 539. The molecular formula is C13H20N2O4S. The van der Waals surface area contributed by atoms with Crippen molar-refractivity contribution in [2.24, 2.45) is 0 Å². The summed E-state index contributed by atoms with van der Waals surface area (Å²) in [6, 6.07) is 1.74. The number of nitrogens with one attached hydrogen (secondary N) is 1. The molecule has 0 aliphatic carbocycles. The lowest BCUT2D eigenvalue weighted by Crippen LogP contribution is -2.45. The zero-order valence-corrected chi connectivity index (χ0v) is 12.4. The molecule has 1 N–H and O–H groups in total. The van der Waals surface area contributed by atoms with Crippen LogP contribution in [-0.2, 0) is 10.0 Å². The Morgan fingerprint density at radius 3 is 2.95 bits per heavy atom. The standard InChI is InChI=1S/C13H20N2O4S/c1-20(17,18)14-7-5-12-4-2-3-8-15(12)13(16)11-6-9-19-10-11/h6,9-10,12,14H,2-5,7-8H2,1H3/t12-/m1/s1. The van der Waals surface area contributed by atoms with Gasteiger partial charge in [-0.1, -0.05) is 0 Å². The van der Waals surface area contributed by atoms with Gasteiger partial charge < -0.3 is 9.32 Å². The Hall–Kier alpha value is -1.34. The Labute approximate surface area is 119 Å². The quantitative estimate of drug-likeness (QED) is 0.886. The first-order valence-electron chi connectivity index (χ1n) is 6.75. The molecule has 1 aliphatic rings. The number of furan rings is 1. The average molecular weight is 300 g/mol. The number of amides is 1. The van der Waals surface area contributed by atoms with Gasteiger partial charge in [0.1, 0.15) is 6.26 Å². The highest BCUT2D eigenvalue weighted by Gasteiger charge is 2.27. The molecule has 0 radical (unpaired) electrons. The minimum absolute atomic E-state index is 0.0391. The Balaban J connectivity index is 1.96. The second-order valence-electron chi connectivity index (χ2n) is 5.12. The summed E-state index contributed by atoms with van der Waals surface area (Å²) in [7, 11) is -3.17. The third kappa shape index (κ3) is 4.08. The van der Waals surface area contributed by atoms with Gasteiger partial charge in [0, 0.05) is 19.1 Å². The first kappa shape index (κ1) is 15.1. The number of rotatable bonds is 5. The van der Waals surface area contributed by atoms with E-state index < -0.39 is 10.0 Å². The van der Waals surface area contributed by atoms with Crippen LogP contribution in [0.5, 0.6) is 0 Å². The molecule has 1 fully saturated rings.